The van der Waals surface area contributed by atoms with Gasteiger partial charge in [0.1, 0.15) is 0 Å². The van der Waals surface area contributed by atoms with Crippen LogP contribution in [0.5, 0.6) is 0 Å². The molecule has 0 aromatic heterocycles. The number of esters is 1. The fourth-order valence-electron chi connectivity index (χ4n) is 5.27. The summed E-state index contributed by atoms with van der Waals surface area (Å²) in [4.78, 5) is 19.2. The molecule has 5 nitrogen and oxygen atoms in total. The monoisotopic (exact) mass is 511 g/mol. The van der Waals surface area contributed by atoms with Gasteiger partial charge in [0.2, 0.25) is 0 Å². The number of rotatable bonds is 8. The van der Waals surface area contributed by atoms with Crippen molar-refractivity contribution in [1.29, 1.82) is 0 Å². The molecule has 0 aliphatic carbocycles. The molecule has 3 aromatic carbocycles. The number of hydrogen-bond acceptors (Lipinski definition) is 6. The Morgan fingerprint density at radius 1 is 1.19 bits per heavy atom. The molecule has 190 valence electrons. The van der Waals surface area contributed by atoms with Gasteiger partial charge in [-0.3, -0.25) is 9.79 Å². The number of allylic oxidation sites excluding steroid dienone is 2. The van der Waals surface area contributed by atoms with Gasteiger partial charge in [0.25, 0.3) is 0 Å². The zero-order valence-corrected chi connectivity index (χ0v) is 22.2. The molecule has 0 bridgehead atoms. The lowest BCUT2D eigenvalue weighted by molar-refractivity contribution is -0.142. The van der Waals surface area contributed by atoms with Crippen LogP contribution in [0.1, 0.15) is 43.0 Å². The molecule has 5 rings (SSSR count). The minimum Gasteiger partial charge on any atom is -0.466 e. The molecule has 1 N–H and O–H groups in total. The molecule has 37 heavy (non-hydrogen) atoms. The molecular formula is C31H33N3O2S. The Labute approximate surface area is 223 Å². The van der Waals surface area contributed by atoms with Crippen molar-refractivity contribution >= 4 is 45.3 Å². The summed E-state index contributed by atoms with van der Waals surface area (Å²) in [6, 6.07) is 22.2. The molecule has 3 aromatic rings. The van der Waals surface area contributed by atoms with Gasteiger partial charge < -0.3 is 15.0 Å². The maximum Gasteiger partial charge on any atom is 0.310 e. The number of benzene rings is 3. The number of nitrogens with zero attached hydrogens (tertiary/aromatic N) is 2. The van der Waals surface area contributed by atoms with Gasteiger partial charge in [0.15, 0.2) is 0 Å². The van der Waals surface area contributed by atoms with Gasteiger partial charge in [0.05, 0.1) is 18.6 Å². The van der Waals surface area contributed by atoms with E-state index < -0.39 is 0 Å². The molecule has 0 unspecified atom stereocenters. The highest BCUT2D eigenvalue weighted by Gasteiger charge is 2.25. The van der Waals surface area contributed by atoms with Crippen LogP contribution in [0.3, 0.4) is 0 Å². The van der Waals surface area contributed by atoms with Gasteiger partial charge in [-0.25, -0.2) is 0 Å². The molecule has 1 fully saturated rings. The summed E-state index contributed by atoms with van der Waals surface area (Å²) in [7, 11) is 0. The number of ether oxygens (including phenoxy) is 1. The zero-order valence-electron chi connectivity index (χ0n) is 21.4. The summed E-state index contributed by atoms with van der Waals surface area (Å²) in [5.41, 5.74) is 7.27. The summed E-state index contributed by atoms with van der Waals surface area (Å²) in [6.45, 7) is 6.38. The minimum atomic E-state index is -0.207. The SMILES string of the molecule is CCOC(=O)Cc1cc(N2CC[C@H](N[C@H](C)c3cccc4ccccc34)C2)ccc1C1=CN=CSC=C1. The van der Waals surface area contributed by atoms with Crippen LogP contribution in [0.25, 0.3) is 16.3 Å². The van der Waals surface area contributed by atoms with Gasteiger partial charge in [-0.1, -0.05) is 60.3 Å². The topological polar surface area (TPSA) is 53.9 Å². The highest BCUT2D eigenvalue weighted by molar-refractivity contribution is 8.14. The third-order valence-corrected chi connectivity index (χ3v) is 7.57. The molecule has 2 aliphatic heterocycles. The van der Waals surface area contributed by atoms with E-state index in [-0.39, 0.29) is 18.4 Å². The highest BCUT2D eigenvalue weighted by Crippen LogP contribution is 2.31. The van der Waals surface area contributed by atoms with Gasteiger partial charge in [-0.2, -0.15) is 0 Å². The Kier molecular flexibility index (Phi) is 8.07. The van der Waals surface area contributed by atoms with E-state index >= 15 is 0 Å². The first-order valence-electron chi connectivity index (χ1n) is 12.9. The lowest BCUT2D eigenvalue weighted by Crippen LogP contribution is -2.34. The van der Waals surface area contributed by atoms with Crippen molar-refractivity contribution in [2.24, 2.45) is 4.99 Å². The Morgan fingerprint density at radius 3 is 2.95 bits per heavy atom. The van der Waals surface area contributed by atoms with Crippen LogP contribution in [0, 0.1) is 0 Å². The van der Waals surface area contributed by atoms with Crippen LogP contribution >= 0.6 is 11.8 Å². The normalized spacial score (nSPS) is 18.1. The zero-order chi connectivity index (χ0) is 25.6. The van der Waals surface area contributed by atoms with Gasteiger partial charge in [0, 0.05) is 42.6 Å². The summed E-state index contributed by atoms with van der Waals surface area (Å²) in [5, 5.41) is 8.47. The molecule has 6 heteroatoms. The second-order valence-electron chi connectivity index (χ2n) is 9.49. The van der Waals surface area contributed by atoms with Crippen molar-refractivity contribution < 1.29 is 9.53 Å². The first-order chi connectivity index (χ1) is 18.1. The molecule has 2 aliphatic rings. The lowest BCUT2D eigenvalue weighted by atomic mass is 9.97. The summed E-state index contributed by atoms with van der Waals surface area (Å²) >= 11 is 1.54. The van der Waals surface area contributed by atoms with E-state index in [1.54, 1.807) is 5.55 Å². The molecule has 0 spiro atoms. The summed E-state index contributed by atoms with van der Waals surface area (Å²) in [6.07, 6.45) is 5.22. The second-order valence-corrected chi connectivity index (χ2v) is 10.2. The predicted octanol–water partition coefficient (Wildman–Crippen LogP) is 6.50. The Balaban J connectivity index is 1.33. The molecule has 1 saturated heterocycles. The van der Waals surface area contributed by atoms with E-state index in [2.05, 4.69) is 82.8 Å². The van der Waals surface area contributed by atoms with Crippen LogP contribution in [-0.4, -0.2) is 37.3 Å². The van der Waals surface area contributed by atoms with E-state index in [9.17, 15) is 4.79 Å². The Morgan fingerprint density at radius 2 is 2.05 bits per heavy atom. The van der Waals surface area contributed by atoms with Crippen LogP contribution in [-0.2, 0) is 16.0 Å². The third kappa shape index (κ3) is 5.97. The summed E-state index contributed by atoms with van der Waals surface area (Å²) in [5.74, 6) is -0.207. The Hall–Kier alpha value is -3.35. The molecule has 0 radical (unpaired) electrons. The van der Waals surface area contributed by atoms with Crippen LogP contribution in [0.4, 0.5) is 5.69 Å². The summed E-state index contributed by atoms with van der Waals surface area (Å²) < 4.78 is 5.28. The van der Waals surface area contributed by atoms with E-state index in [1.165, 1.54) is 28.1 Å². The average Bonchev–Trinajstić information content (AvgIpc) is 3.20. The van der Waals surface area contributed by atoms with Crippen molar-refractivity contribution in [2.45, 2.75) is 38.8 Å². The number of thioether (sulfide) groups is 1. The van der Waals surface area contributed by atoms with Crippen molar-refractivity contribution in [2.75, 3.05) is 24.6 Å². The molecule has 2 atom stereocenters. The fraction of sp³-hybridized carbons (Fsp3) is 0.290. The third-order valence-electron chi connectivity index (χ3n) is 7.03. The maximum atomic E-state index is 12.4. The number of hydrogen-bond donors (Lipinski definition) is 1. The van der Waals surface area contributed by atoms with E-state index in [0.717, 1.165) is 41.9 Å². The number of carbonyl (C=O) groups excluding carboxylic acids is 1. The number of carbonyl (C=O) groups is 1. The van der Waals surface area contributed by atoms with Gasteiger partial charge in [-0.15, -0.1) is 0 Å². The average molecular weight is 512 g/mol. The largest absolute Gasteiger partial charge is 0.466 e. The number of anilines is 1. The number of aliphatic imine (C=N–C) groups is 1. The van der Waals surface area contributed by atoms with Gasteiger partial charge >= 0.3 is 5.97 Å². The van der Waals surface area contributed by atoms with Crippen LogP contribution in [0.2, 0.25) is 0 Å². The lowest BCUT2D eigenvalue weighted by Gasteiger charge is -2.24. The van der Waals surface area contributed by atoms with Gasteiger partial charge in [-0.05, 0) is 71.3 Å². The Bertz CT molecular complexity index is 1360. The minimum absolute atomic E-state index is 0.207. The molecule has 0 amide bonds. The van der Waals surface area contributed by atoms with Crippen molar-refractivity contribution in [3.8, 4) is 0 Å². The number of fused-ring (bicyclic) bond motifs is 1. The molecule has 0 saturated carbocycles. The second kappa shape index (κ2) is 11.8. The van der Waals surface area contributed by atoms with Crippen LogP contribution < -0.4 is 10.2 Å². The maximum absolute atomic E-state index is 12.4. The highest BCUT2D eigenvalue weighted by atomic mass is 32.2. The smallest absolute Gasteiger partial charge is 0.310 e. The number of nitrogens with one attached hydrogen (secondary N) is 1. The van der Waals surface area contributed by atoms with Crippen molar-refractivity contribution in [3.63, 3.8) is 0 Å². The first kappa shape index (κ1) is 25.3. The van der Waals surface area contributed by atoms with Crippen molar-refractivity contribution in [3.05, 3.63) is 95.0 Å². The van der Waals surface area contributed by atoms with E-state index in [4.69, 9.17) is 4.74 Å². The predicted molar refractivity (Wildman–Crippen MR) is 156 cm³/mol. The molecular weight excluding hydrogens is 478 g/mol. The quantitative estimate of drug-likeness (QED) is 0.350. The standard InChI is InChI=1S/C31H33N3O2S/c1-3-36-31(35)18-25-17-27(11-12-29(25)24-14-16-37-21-32-19-24)34-15-13-26(20-34)33-22(2)28-10-6-8-23-7-4-5-9-30(23)28/h4-12,14,16-17,19,21-22,26,33H,3,13,15,18,20H2,1-2H3/t22-,26+/m1/s1. The van der Waals surface area contributed by atoms with Crippen molar-refractivity contribution in [1.82, 2.24) is 5.32 Å². The van der Waals surface area contributed by atoms with E-state index in [0.29, 0.717) is 12.6 Å². The van der Waals surface area contributed by atoms with E-state index in [1.807, 2.05) is 24.6 Å². The fourth-order valence-corrected chi connectivity index (χ4v) is 5.70. The first-order valence-corrected chi connectivity index (χ1v) is 13.9. The molecule has 2 heterocycles. The van der Waals surface area contributed by atoms with Crippen LogP contribution in [0.15, 0.2) is 83.3 Å².